The third-order valence-electron chi connectivity index (χ3n) is 4.38. The highest BCUT2D eigenvalue weighted by Gasteiger charge is 2.44. The lowest BCUT2D eigenvalue weighted by atomic mass is 9.91. The van der Waals surface area contributed by atoms with Crippen LogP contribution in [0.25, 0.3) is 0 Å². The fourth-order valence-electron chi connectivity index (χ4n) is 2.93. The highest BCUT2D eigenvalue weighted by Crippen LogP contribution is 2.40. The third kappa shape index (κ3) is 3.92. The molecule has 0 aliphatic carbocycles. The number of hydrogen-bond acceptors (Lipinski definition) is 7. The Hall–Kier alpha value is -2.30. The predicted octanol–water partition coefficient (Wildman–Crippen LogP) is 2.56. The Balaban J connectivity index is 2.01. The van der Waals surface area contributed by atoms with Crippen LogP contribution in [0.1, 0.15) is 5.56 Å². The second-order valence-electron chi connectivity index (χ2n) is 6.11. The van der Waals surface area contributed by atoms with E-state index in [1.807, 2.05) is 0 Å². The molecule has 0 saturated heterocycles. The normalized spacial score (nSPS) is 18.7. The second kappa shape index (κ2) is 7.85. The number of primary sulfonamides is 1. The summed E-state index contributed by atoms with van der Waals surface area (Å²) in [4.78, 5) is 12.7. The summed E-state index contributed by atoms with van der Waals surface area (Å²) < 4.78 is 33.0. The summed E-state index contributed by atoms with van der Waals surface area (Å²) in [6.45, 7) is 0. The van der Waals surface area contributed by atoms with Crippen LogP contribution >= 0.6 is 23.2 Å². The average molecular weight is 458 g/mol. The number of rotatable bonds is 5. The van der Waals surface area contributed by atoms with Crippen LogP contribution in [0.5, 0.6) is 5.75 Å². The SMILES string of the molecule is COC(=O)C1(c2cc(Cl)c(OC)c(Cl)c2)C=CN(c2ccc(S(N)(=O)=O)cc2)N1. The first kappa shape index (κ1) is 21.4. The molecule has 1 heterocycles. The van der Waals surface area contributed by atoms with Gasteiger partial charge < -0.3 is 9.47 Å². The molecule has 0 saturated carbocycles. The van der Waals surface area contributed by atoms with Gasteiger partial charge in [0.25, 0.3) is 0 Å². The molecular formula is C18H17Cl2N3O5S. The molecule has 3 rings (SSSR count). The molecule has 1 aliphatic heterocycles. The minimum Gasteiger partial charge on any atom is -0.494 e. The number of halogens is 2. The number of benzene rings is 2. The zero-order valence-corrected chi connectivity index (χ0v) is 17.7. The van der Waals surface area contributed by atoms with Gasteiger partial charge in [-0.15, -0.1) is 0 Å². The third-order valence-corrected chi connectivity index (χ3v) is 5.87. The van der Waals surface area contributed by atoms with Gasteiger partial charge in [0.2, 0.25) is 10.0 Å². The summed E-state index contributed by atoms with van der Waals surface area (Å²) >= 11 is 12.5. The van der Waals surface area contributed by atoms with E-state index < -0.39 is 21.5 Å². The van der Waals surface area contributed by atoms with Gasteiger partial charge >= 0.3 is 5.97 Å². The molecule has 0 spiro atoms. The van der Waals surface area contributed by atoms with E-state index >= 15 is 0 Å². The molecule has 0 bridgehead atoms. The van der Waals surface area contributed by atoms with Gasteiger partial charge in [-0.25, -0.2) is 23.8 Å². The largest absolute Gasteiger partial charge is 0.494 e. The highest BCUT2D eigenvalue weighted by atomic mass is 35.5. The Morgan fingerprint density at radius 3 is 2.21 bits per heavy atom. The Labute approximate surface area is 177 Å². The zero-order valence-electron chi connectivity index (χ0n) is 15.3. The van der Waals surface area contributed by atoms with Crippen LogP contribution in [0.2, 0.25) is 10.0 Å². The van der Waals surface area contributed by atoms with Gasteiger partial charge in [0, 0.05) is 6.20 Å². The number of nitrogens with two attached hydrogens (primary N) is 1. The number of carbonyl (C=O) groups is 1. The van der Waals surface area contributed by atoms with Crippen LogP contribution in [-0.4, -0.2) is 28.6 Å². The number of nitrogens with zero attached hydrogens (tertiary/aromatic N) is 1. The van der Waals surface area contributed by atoms with Gasteiger partial charge in [0.1, 0.15) is 0 Å². The molecule has 1 unspecified atom stereocenters. The maximum absolute atomic E-state index is 12.7. The van der Waals surface area contributed by atoms with Gasteiger partial charge in [-0.1, -0.05) is 23.2 Å². The number of carbonyl (C=O) groups excluding carboxylic acids is 1. The van der Waals surface area contributed by atoms with Crippen molar-refractivity contribution in [1.82, 2.24) is 5.43 Å². The molecule has 1 atom stereocenters. The summed E-state index contributed by atoms with van der Waals surface area (Å²) in [5, 5.41) is 7.11. The summed E-state index contributed by atoms with van der Waals surface area (Å²) in [5.74, 6) is -0.316. The average Bonchev–Trinajstić information content (AvgIpc) is 3.13. The van der Waals surface area contributed by atoms with Gasteiger partial charge in [-0.2, -0.15) is 0 Å². The van der Waals surface area contributed by atoms with E-state index in [0.717, 1.165) is 0 Å². The number of anilines is 1. The van der Waals surface area contributed by atoms with E-state index in [-0.39, 0.29) is 20.7 Å². The van der Waals surface area contributed by atoms with Crippen molar-refractivity contribution < 1.29 is 22.7 Å². The zero-order chi connectivity index (χ0) is 21.4. The number of ether oxygens (including phenoxy) is 2. The van der Waals surface area contributed by atoms with Crippen molar-refractivity contribution in [3.63, 3.8) is 0 Å². The van der Waals surface area contributed by atoms with Gasteiger partial charge in [0.15, 0.2) is 11.3 Å². The van der Waals surface area contributed by atoms with E-state index in [0.29, 0.717) is 11.3 Å². The Morgan fingerprint density at radius 2 is 1.72 bits per heavy atom. The minimum atomic E-state index is -3.81. The first-order chi connectivity index (χ1) is 13.6. The maximum Gasteiger partial charge on any atom is 0.336 e. The number of esters is 1. The lowest BCUT2D eigenvalue weighted by Crippen LogP contribution is -2.50. The molecule has 0 aromatic heterocycles. The second-order valence-corrected chi connectivity index (χ2v) is 8.49. The summed E-state index contributed by atoms with van der Waals surface area (Å²) in [6, 6.07) is 8.90. The first-order valence-corrected chi connectivity index (χ1v) is 10.4. The molecule has 2 aromatic carbocycles. The standard InChI is InChI=1S/C18H17Cl2N3O5S/c1-27-16-14(19)9-11(10-15(16)20)18(17(24)28-2)7-8-23(22-18)12-3-5-13(6-4-12)29(21,25)26/h3-10,22H,1-2H3,(H2,21,25,26). The van der Waals surface area contributed by atoms with Gasteiger partial charge in [-0.3, -0.25) is 5.01 Å². The van der Waals surface area contributed by atoms with Crippen molar-refractivity contribution >= 4 is 44.9 Å². The molecule has 2 aromatic rings. The van der Waals surface area contributed by atoms with E-state index in [4.69, 9.17) is 37.8 Å². The molecular weight excluding hydrogens is 441 g/mol. The maximum atomic E-state index is 12.7. The molecule has 0 radical (unpaired) electrons. The van der Waals surface area contributed by atoms with E-state index in [9.17, 15) is 13.2 Å². The molecule has 1 aliphatic rings. The molecule has 0 fully saturated rings. The van der Waals surface area contributed by atoms with Gasteiger partial charge in [-0.05, 0) is 48.0 Å². The topological polar surface area (TPSA) is 111 Å². The fraction of sp³-hybridized carbons (Fsp3) is 0.167. The van der Waals surface area contributed by atoms with Crippen molar-refractivity contribution in [3.05, 3.63) is 64.3 Å². The van der Waals surface area contributed by atoms with Crippen molar-refractivity contribution in [2.45, 2.75) is 10.4 Å². The number of methoxy groups -OCH3 is 2. The minimum absolute atomic E-state index is 0.0302. The Bertz CT molecular complexity index is 1070. The molecule has 11 heteroatoms. The van der Waals surface area contributed by atoms with Crippen LogP contribution in [0.3, 0.4) is 0 Å². The molecule has 0 amide bonds. The van der Waals surface area contributed by atoms with E-state index in [2.05, 4.69) is 5.43 Å². The number of hydrogen-bond donors (Lipinski definition) is 2. The van der Waals surface area contributed by atoms with Crippen LogP contribution in [0.4, 0.5) is 5.69 Å². The summed E-state index contributed by atoms with van der Waals surface area (Å²) in [5.41, 5.74) is 2.63. The van der Waals surface area contributed by atoms with Crippen LogP contribution in [0, 0.1) is 0 Å². The Morgan fingerprint density at radius 1 is 1.14 bits per heavy atom. The van der Waals surface area contributed by atoms with E-state index in [1.54, 1.807) is 36.5 Å². The monoisotopic (exact) mass is 457 g/mol. The van der Waals surface area contributed by atoms with Crippen molar-refractivity contribution in [3.8, 4) is 5.75 Å². The molecule has 154 valence electrons. The molecule has 3 N–H and O–H groups in total. The van der Waals surface area contributed by atoms with Crippen molar-refractivity contribution in [1.29, 1.82) is 0 Å². The Kier molecular flexibility index (Phi) is 5.79. The lowest BCUT2D eigenvalue weighted by Gasteiger charge is -2.29. The van der Waals surface area contributed by atoms with Crippen LogP contribution in [0.15, 0.2) is 53.6 Å². The highest BCUT2D eigenvalue weighted by molar-refractivity contribution is 7.89. The number of hydrazine groups is 1. The van der Waals surface area contributed by atoms with Crippen LogP contribution in [-0.2, 0) is 25.1 Å². The fourth-order valence-corrected chi connectivity index (χ4v) is 4.09. The first-order valence-electron chi connectivity index (χ1n) is 8.13. The molecule has 29 heavy (non-hydrogen) atoms. The van der Waals surface area contributed by atoms with E-state index in [1.165, 1.54) is 31.4 Å². The van der Waals surface area contributed by atoms with Gasteiger partial charge in [0.05, 0.1) is 34.8 Å². The smallest absolute Gasteiger partial charge is 0.336 e. The van der Waals surface area contributed by atoms with Crippen LogP contribution < -0.4 is 20.3 Å². The quantitative estimate of drug-likeness (QED) is 0.663. The van der Waals surface area contributed by atoms with Crippen molar-refractivity contribution in [2.75, 3.05) is 19.2 Å². The summed E-state index contributed by atoms with van der Waals surface area (Å²) in [6.07, 6.45) is 3.19. The number of nitrogens with one attached hydrogen (secondary N) is 1. The molecule has 8 nitrogen and oxygen atoms in total. The lowest BCUT2D eigenvalue weighted by molar-refractivity contribution is -0.146. The van der Waals surface area contributed by atoms with Crippen molar-refractivity contribution in [2.24, 2.45) is 5.14 Å². The number of sulfonamides is 1. The predicted molar refractivity (Wildman–Crippen MR) is 109 cm³/mol. The summed E-state index contributed by atoms with van der Waals surface area (Å²) in [7, 11) is -1.12.